The lowest BCUT2D eigenvalue weighted by molar-refractivity contribution is 0.481. The summed E-state index contributed by atoms with van der Waals surface area (Å²) in [6.07, 6.45) is 0.802. The zero-order valence-corrected chi connectivity index (χ0v) is 9.40. The topological polar surface area (TPSA) is 12.0 Å². The van der Waals surface area contributed by atoms with E-state index in [-0.39, 0.29) is 5.92 Å². The van der Waals surface area contributed by atoms with E-state index in [1.54, 1.807) is 19.1 Å². The van der Waals surface area contributed by atoms with Crippen LogP contribution in [0.1, 0.15) is 30.4 Å². The summed E-state index contributed by atoms with van der Waals surface area (Å²) in [6.45, 7) is 4.28. The molecule has 1 N–H and O–H groups in total. The molecule has 0 radical (unpaired) electrons. The molecular formula is C12H17F2N. The van der Waals surface area contributed by atoms with E-state index < -0.39 is 11.6 Å². The van der Waals surface area contributed by atoms with Gasteiger partial charge in [0.15, 0.2) is 11.6 Å². The number of aryl methyl sites for hydroxylation is 1. The Morgan fingerprint density at radius 3 is 2.53 bits per heavy atom. The minimum Gasteiger partial charge on any atom is -0.320 e. The van der Waals surface area contributed by atoms with Gasteiger partial charge in [0.25, 0.3) is 0 Å². The van der Waals surface area contributed by atoms with Crippen molar-refractivity contribution in [3.63, 3.8) is 0 Å². The van der Waals surface area contributed by atoms with E-state index in [1.165, 1.54) is 0 Å². The van der Waals surface area contributed by atoms with E-state index >= 15 is 0 Å². The fourth-order valence-corrected chi connectivity index (χ4v) is 1.56. The van der Waals surface area contributed by atoms with Gasteiger partial charge < -0.3 is 5.32 Å². The molecule has 1 nitrogen and oxygen atoms in total. The third-order valence-electron chi connectivity index (χ3n) is 2.66. The fourth-order valence-electron chi connectivity index (χ4n) is 1.56. The third kappa shape index (κ3) is 2.75. The first-order valence-electron chi connectivity index (χ1n) is 5.17. The van der Waals surface area contributed by atoms with Crippen molar-refractivity contribution in [3.8, 4) is 0 Å². The van der Waals surface area contributed by atoms with Crippen molar-refractivity contribution in [1.29, 1.82) is 0 Å². The van der Waals surface area contributed by atoms with Crippen LogP contribution >= 0.6 is 0 Å². The summed E-state index contributed by atoms with van der Waals surface area (Å²) in [5.41, 5.74) is 0.824. The van der Waals surface area contributed by atoms with Crippen LogP contribution in [0.25, 0.3) is 0 Å². The lowest BCUT2D eigenvalue weighted by atomic mass is 9.96. The van der Waals surface area contributed by atoms with Crippen LogP contribution in [0, 0.1) is 18.6 Å². The van der Waals surface area contributed by atoms with Gasteiger partial charge in [0, 0.05) is 0 Å². The van der Waals surface area contributed by atoms with E-state index in [0.29, 0.717) is 11.1 Å². The molecule has 0 saturated heterocycles. The highest BCUT2D eigenvalue weighted by molar-refractivity contribution is 5.27. The van der Waals surface area contributed by atoms with Crippen LogP contribution in [0.15, 0.2) is 12.1 Å². The van der Waals surface area contributed by atoms with Crippen LogP contribution in [-0.4, -0.2) is 13.6 Å². The first-order valence-corrected chi connectivity index (χ1v) is 5.17. The number of hydrogen-bond donors (Lipinski definition) is 1. The summed E-state index contributed by atoms with van der Waals surface area (Å²) in [6, 6.07) is 3.30. The van der Waals surface area contributed by atoms with Gasteiger partial charge in [-0.2, -0.15) is 0 Å². The van der Waals surface area contributed by atoms with Crippen molar-refractivity contribution in [3.05, 3.63) is 34.9 Å². The predicted octanol–water partition coefficient (Wildman–Crippen LogP) is 2.99. The molecule has 0 heterocycles. The maximum atomic E-state index is 13.5. The molecule has 1 aromatic rings. The van der Waals surface area contributed by atoms with Crippen LogP contribution in [-0.2, 0) is 0 Å². The van der Waals surface area contributed by atoms with E-state index in [1.807, 2.05) is 14.0 Å². The highest BCUT2D eigenvalue weighted by Crippen LogP contribution is 2.24. The molecule has 1 rings (SSSR count). The largest absolute Gasteiger partial charge is 0.320 e. The third-order valence-corrected chi connectivity index (χ3v) is 2.66. The van der Waals surface area contributed by atoms with Gasteiger partial charge in [-0.25, -0.2) is 8.78 Å². The van der Waals surface area contributed by atoms with Gasteiger partial charge in [-0.3, -0.25) is 0 Å². The average molecular weight is 213 g/mol. The van der Waals surface area contributed by atoms with Gasteiger partial charge in [0.2, 0.25) is 0 Å². The normalized spacial score (nSPS) is 12.9. The number of hydrogen-bond acceptors (Lipinski definition) is 1. The Labute approximate surface area is 89.5 Å². The summed E-state index contributed by atoms with van der Waals surface area (Å²) in [7, 11) is 1.85. The smallest absolute Gasteiger partial charge is 0.162 e. The molecule has 3 heteroatoms. The van der Waals surface area contributed by atoms with Crippen LogP contribution in [0.4, 0.5) is 8.78 Å². The lowest BCUT2D eigenvalue weighted by Crippen LogP contribution is -2.12. The zero-order valence-electron chi connectivity index (χ0n) is 9.40. The Kier molecular flexibility index (Phi) is 4.21. The Morgan fingerprint density at radius 2 is 1.93 bits per heavy atom. The molecule has 0 saturated carbocycles. The number of halogens is 2. The van der Waals surface area contributed by atoms with Gasteiger partial charge in [0.05, 0.1) is 0 Å². The quantitative estimate of drug-likeness (QED) is 0.810. The predicted molar refractivity (Wildman–Crippen MR) is 58.1 cm³/mol. The van der Waals surface area contributed by atoms with Gasteiger partial charge in [-0.1, -0.05) is 19.1 Å². The summed E-state index contributed by atoms with van der Waals surface area (Å²) < 4.78 is 26.8. The molecule has 0 amide bonds. The summed E-state index contributed by atoms with van der Waals surface area (Å²) >= 11 is 0. The first-order chi connectivity index (χ1) is 7.07. The first kappa shape index (κ1) is 12.1. The second kappa shape index (κ2) is 5.21. The summed E-state index contributed by atoms with van der Waals surface area (Å²) in [5, 5.41) is 3.00. The Hall–Kier alpha value is -0.960. The SMILES string of the molecule is CNCCC(C)c1ccc(C)c(F)c1F. The molecule has 0 aliphatic carbocycles. The summed E-state index contributed by atoms with van der Waals surface area (Å²) in [4.78, 5) is 0. The molecule has 0 spiro atoms. The van der Waals surface area contributed by atoms with Gasteiger partial charge in [-0.15, -0.1) is 0 Å². The standard InChI is InChI=1S/C12H17F2N/c1-8(6-7-15-3)10-5-4-9(2)11(13)12(10)14/h4-5,8,15H,6-7H2,1-3H3. The monoisotopic (exact) mass is 213 g/mol. The van der Waals surface area contributed by atoms with Gasteiger partial charge >= 0.3 is 0 Å². The van der Waals surface area contributed by atoms with Gasteiger partial charge in [0.1, 0.15) is 0 Å². The molecule has 84 valence electrons. The van der Waals surface area contributed by atoms with Crippen LogP contribution in [0.5, 0.6) is 0 Å². The Bertz CT molecular complexity index is 337. The molecule has 15 heavy (non-hydrogen) atoms. The van der Waals surface area contributed by atoms with Crippen molar-refractivity contribution < 1.29 is 8.78 Å². The van der Waals surface area contributed by atoms with Crippen molar-refractivity contribution >= 4 is 0 Å². The van der Waals surface area contributed by atoms with Crippen molar-refractivity contribution in [1.82, 2.24) is 5.32 Å². The van der Waals surface area contributed by atoms with Crippen molar-refractivity contribution in [2.45, 2.75) is 26.2 Å². The Balaban J connectivity index is 2.90. The van der Waals surface area contributed by atoms with E-state index in [9.17, 15) is 8.78 Å². The minimum absolute atomic E-state index is 0.0348. The molecule has 1 atom stereocenters. The maximum Gasteiger partial charge on any atom is 0.162 e. The van der Waals surface area contributed by atoms with Crippen molar-refractivity contribution in [2.75, 3.05) is 13.6 Å². The molecule has 0 fully saturated rings. The average Bonchev–Trinajstić information content (AvgIpc) is 2.23. The minimum atomic E-state index is -0.719. The van der Waals surface area contributed by atoms with Crippen LogP contribution in [0.2, 0.25) is 0 Å². The molecule has 1 unspecified atom stereocenters. The maximum absolute atomic E-state index is 13.5. The summed E-state index contributed by atoms with van der Waals surface area (Å²) in [5.74, 6) is -1.38. The highest BCUT2D eigenvalue weighted by atomic mass is 19.2. The molecule has 0 aliphatic heterocycles. The second-order valence-electron chi connectivity index (χ2n) is 3.89. The van der Waals surface area contributed by atoms with Crippen LogP contribution in [0.3, 0.4) is 0 Å². The molecule has 0 bridgehead atoms. The fraction of sp³-hybridized carbons (Fsp3) is 0.500. The zero-order chi connectivity index (χ0) is 11.4. The highest BCUT2D eigenvalue weighted by Gasteiger charge is 2.15. The van der Waals surface area contributed by atoms with Crippen molar-refractivity contribution in [2.24, 2.45) is 0 Å². The molecule has 1 aromatic carbocycles. The molecular weight excluding hydrogens is 196 g/mol. The number of benzene rings is 1. The molecule has 0 aliphatic rings. The number of nitrogens with one attached hydrogen (secondary N) is 1. The lowest BCUT2D eigenvalue weighted by Gasteiger charge is -2.13. The van der Waals surface area contributed by atoms with Gasteiger partial charge in [-0.05, 0) is 44.0 Å². The van der Waals surface area contributed by atoms with E-state index in [0.717, 1.165) is 13.0 Å². The molecule has 0 aromatic heterocycles. The van der Waals surface area contributed by atoms with E-state index in [2.05, 4.69) is 5.32 Å². The van der Waals surface area contributed by atoms with E-state index in [4.69, 9.17) is 0 Å². The second-order valence-corrected chi connectivity index (χ2v) is 3.89. The Morgan fingerprint density at radius 1 is 1.27 bits per heavy atom. The number of rotatable bonds is 4. The van der Waals surface area contributed by atoms with Crippen LogP contribution < -0.4 is 5.32 Å².